The number of nitrogens with zero attached hydrogens (tertiary/aromatic N) is 3. The first-order valence-corrected chi connectivity index (χ1v) is 8.94. The molecule has 0 amide bonds. The smallest absolute Gasteiger partial charge is 0.227 e. The molecule has 134 valence electrons. The fourth-order valence-corrected chi connectivity index (χ4v) is 2.97. The largest absolute Gasteiger partial charge is 0.435 e. The second-order valence-corrected chi connectivity index (χ2v) is 6.82. The summed E-state index contributed by atoms with van der Waals surface area (Å²) in [4.78, 5) is 10.9. The molecule has 2 aromatic heterocycles. The Morgan fingerprint density at radius 1 is 0.778 bits per heavy atom. The summed E-state index contributed by atoms with van der Waals surface area (Å²) in [7, 11) is 4.04. The molecule has 4 rings (SSSR count). The van der Waals surface area contributed by atoms with Crippen molar-refractivity contribution in [2.24, 2.45) is 0 Å². The Hall–Kier alpha value is -3.11. The number of aromatic nitrogens is 2. The van der Waals surface area contributed by atoms with Crippen LogP contribution in [0.4, 0.5) is 5.69 Å². The van der Waals surface area contributed by atoms with E-state index in [0.29, 0.717) is 10.9 Å². The molecule has 0 aliphatic rings. The summed E-state index contributed by atoms with van der Waals surface area (Å²) in [6.45, 7) is 0. The minimum atomic E-state index is 0.564. The maximum atomic E-state index is 6.17. The van der Waals surface area contributed by atoms with Gasteiger partial charge in [0.05, 0.1) is 0 Å². The minimum Gasteiger partial charge on any atom is -0.435 e. The van der Waals surface area contributed by atoms with Crippen LogP contribution in [0, 0.1) is 0 Å². The molecule has 0 bridgehead atoms. The van der Waals surface area contributed by atoms with Crippen molar-refractivity contribution in [3.05, 3.63) is 78.1 Å². The van der Waals surface area contributed by atoms with Crippen LogP contribution in [-0.4, -0.2) is 24.1 Å². The van der Waals surface area contributed by atoms with Crippen molar-refractivity contribution in [3.8, 4) is 34.0 Å². The van der Waals surface area contributed by atoms with Gasteiger partial charge in [-0.25, -0.2) is 4.98 Å². The van der Waals surface area contributed by atoms with Gasteiger partial charge in [-0.2, -0.15) is 0 Å². The highest BCUT2D eigenvalue weighted by molar-refractivity contribution is 6.30. The zero-order valence-electron chi connectivity index (χ0n) is 15.1. The molecule has 0 saturated carbocycles. The number of hydrogen-bond donors (Lipinski definition) is 0. The lowest BCUT2D eigenvalue weighted by molar-refractivity contribution is 0.589. The molecular formula is C22H18ClN3O. The summed E-state index contributed by atoms with van der Waals surface area (Å²) in [5.74, 6) is 1.28. The third-order valence-electron chi connectivity index (χ3n) is 4.32. The van der Waals surface area contributed by atoms with Crippen LogP contribution in [0.3, 0.4) is 0 Å². The van der Waals surface area contributed by atoms with Gasteiger partial charge in [0.15, 0.2) is 5.76 Å². The van der Waals surface area contributed by atoms with Gasteiger partial charge in [-0.3, -0.25) is 4.98 Å². The van der Waals surface area contributed by atoms with Crippen LogP contribution < -0.4 is 4.90 Å². The van der Waals surface area contributed by atoms with E-state index in [1.807, 2.05) is 50.5 Å². The van der Waals surface area contributed by atoms with Crippen molar-refractivity contribution in [3.63, 3.8) is 0 Å². The van der Waals surface area contributed by atoms with E-state index in [2.05, 4.69) is 34.1 Å². The average Bonchev–Trinajstić information content (AvgIpc) is 3.15. The summed E-state index contributed by atoms with van der Waals surface area (Å²) in [5.41, 5.74) is 4.74. The molecule has 0 atom stereocenters. The lowest BCUT2D eigenvalue weighted by Gasteiger charge is -2.12. The van der Waals surface area contributed by atoms with Crippen LogP contribution in [0.25, 0.3) is 34.0 Å². The highest BCUT2D eigenvalue weighted by Gasteiger charge is 2.18. The molecular weight excluding hydrogens is 358 g/mol. The Kier molecular flexibility index (Phi) is 4.65. The minimum absolute atomic E-state index is 0.564. The number of rotatable bonds is 4. The summed E-state index contributed by atoms with van der Waals surface area (Å²) in [6.07, 6.45) is 3.46. The maximum absolute atomic E-state index is 6.17. The second-order valence-electron chi connectivity index (χ2n) is 6.38. The maximum Gasteiger partial charge on any atom is 0.227 e. The molecule has 0 radical (unpaired) electrons. The van der Waals surface area contributed by atoms with Crippen molar-refractivity contribution < 1.29 is 4.42 Å². The van der Waals surface area contributed by atoms with E-state index in [0.717, 1.165) is 33.8 Å². The second kappa shape index (κ2) is 7.25. The Morgan fingerprint density at radius 2 is 1.41 bits per heavy atom. The van der Waals surface area contributed by atoms with E-state index < -0.39 is 0 Å². The lowest BCUT2D eigenvalue weighted by Crippen LogP contribution is -2.07. The molecule has 2 aromatic carbocycles. The predicted octanol–water partition coefficient (Wildman–Crippen LogP) is 5.79. The van der Waals surface area contributed by atoms with E-state index in [1.54, 1.807) is 12.4 Å². The first-order valence-electron chi connectivity index (χ1n) is 8.57. The SMILES string of the molecule is CN(C)c1ccc(-c2nc(-c3ccncc3)oc2-c2ccc(Cl)cc2)cc1. The molecule has 4 aromatic rings. The highest BCUT2D eigenvalue weighted by Crippen LogP contribution is 2.36. The number of halogens is 1. The van der Waals surface area contributed by atoms with Crippen LogP contribution >= 0.6 is 11.6 Å². The topological polar surface area (TPSA) is 42.2 Å². The number of pyridine rings is 1. The van der Waals surface area contributed by atoms with Crippen molar-refractivity contribution in [1.82, 2.24) is 9.97 Å². The van der Waals surface area contributed by atoms with Gasteiger partial charge in [0.2, 0.25) is 5.89 Å². The van der Waals surface area contributed by atoms with Crippen molar-refractivity contribution in [2.45, 2.75) is 0 Å². The van der Waals surface area contributed by atoms with Crippen LogP contribution in [0.5, 0.6) is 0 Å². The van der Waals surface area contributed by atoms with Gasteiger partial charge in [0, 0.05) is 53.9 Å². The van der Waals surface area contributed by atoms with Gasteiger partial charge >= 0.3 is 0 Å². The molecule has 0 spiro atoms. The predicted molar refractivity (Wildman–Crippen MR) is 110 cm³/mol. The van der Waals surface area contributed by atoms with Crippen LogP contribution in [0.2, 0.25) is 5.02 Å². The first-order chi connectivity index (χ1) is 13.1. The Morgan fingerprint density at radius 3 is 2.04 bits per heavy atom. The van der Waals surface area contributed by atoms with Gasteiger partial charge in [0.25, 0.3) is 0 Å². The van der Waals surface area contributed by atoms with Gasteiger partial charge in [0.1, 0.15) is 5.69 Å². The van der Waals surface area contributed by atoms with Crippen molar-refractivity contribution >= 4 is 17.3 Å². The molecule has 0 aliphatic carbocycles. The first kappa shape index (κ1) is 17.3. The summed E-state index contributed by atoms with van der Waals surface area (Å²) in [5, 5.41) is 0.685. The fourth-order valence-electron chi connectivity index (χ4n) is 2.85. The Balaban J connectivity index is 1.85. The van der Waals surface area contributed by atoms with E-state index >= 15 is 0 Å². The summed E-state index contributed by atoms with van der Waals surface area (Å²) in [6, 6.07) is 19.6. The zero-order valence-corrected chi connectivity index (χ0v) is 15.8. The molecule has 0 N–H and O–H groups in total. The molecule has 4 nitrogen and oxygen atoms in total. The van der Waals surface area contributed by atoms with Gasteiger partial charge in [-0.1, -0.05) is 23.7 Å². The number of benzene rings is 2. The van der Waals surface area contributed by atoms with Gasteiger partial charge in [-0.15, -0.1) is 0 Å². The monoisotopic (exact) mass is 375 g/mol. The van der Waals surface area contributed by atoms with E-state index in [1.165, 1.54) is 0 Å². The quantitative estimate of drug-likeness (QED) is 0.452. The zero-order chi connectivity index (χ0) is 18.8. The van der Waals surface area contributed by atoms with Crippen molar-refractivity contribution in [2.75, 3.05) is 19.0 Å². The van der Waals surface area contributed by atoms with E-state index in [4.69, 9.17) is 21.0 Å². The van der Waals surface area contributed by atoms with Crippen LogP contribution in [0.15, 0.2) is 77.5 Å². The molecule has 0 fully saturated rings. The molecule has 0 unspecified atom stereocenters. The van der Waals surface area contributed by atoms with Gasteiger partial charge in [-0.05, 0) is 48.5 Å². The van der Waals surface area contributed by atoms with Crippen LogP contribution in [-0.2, 0) is 0 Å². The lowest BCUT2D eigenvalue weighted by atomic mass is 10.1. The molecule has 0 saturated heterocycles. The van der Waals surface area contributed by atoms with Gasteiger partial charge < -0.3 is 9.32 Å². The molecule has 2 heterocycles. The molecule has 0 aliphatic heterocycles. The van der Waals surface area contributed by atoms with Crippen molar-refractivity contribution in [1.29, 1.82) is 0 Å². The third-order valence-corrected chi connectivity index (χ3v) is 4.57. The summed E-state index contributed by atoms with van der Waals surface area (Å²) >= 11 is 6.05. The normalized spacial score (nSPS) is 10.8. The molecule has 27 heavy (non-hydrogen) atoms. The summed E-state index contributed by atoms with van der Waals surface area (Å²) < 4.78 is 6.17. The van der Waals surface area contributed by atoms with E-state index in [9.17, 15) is 0 Å². The van der Waals surface area contributed by atoms with Crippen LogP contribution in [0.1, 0.15) is 0 Å². The number of oxazole rings is 1. The average molecular weight is 376 g/mol. The molecule has 5 heteroatoms. The Bertz CT molecular complexity index is 1040. The number of anilines is 1. The third kappa shape index (κ3) is 3.57. The van der Waals surface area contributed by atoms with E-state index in [-0.39, 0.29) is 0 Å². The number of hydrogen-bond acceptors (Lipinski definition) is 4. The fraction of sp³-hybridized carbons (Fsp3) is 0.0909. The highest BCUT2D eigenvalue weighted by atomic mass is 35.5. The standard InChI is InChI=1S/C22H18ClN3O/c1-26(2)19-9-5-15(6-10-19)20-21(16-3-7-18(23)8-4-16)27-22(25-20)17-11-13-24-14-12-17/h3-14H,1-2H3. The Labute approximate surface area is 163 Å².